The third-order valence-corrected chi connectivity index (χ3v) is 5.13. The molecular formula is C15H23IN4S2. The monoisotopic (exact) mass is 450 g/mol. The molecule has 7 heteroatoms. The predicted molar refractivity (Wildman–Crippen MR) is 108 cm³/mol. The maximum atomic E-state index is 4.29. The molecule has 0 spiro atoms. The van der Waals surface area contributed by atoms with Crippen molar-refractivity contribution in [3.63, 3.8) is 0 Å². The smallest absolute Gasteiger partial charge is 0.191 e. The molecule has 1 unspecified atom stereocenters. The average molecular weight is 450 g/mol. The standard InChI is InChI=1S/C15H22N4S2.HI/c1-10(7-13-6-5-11(2)21-13)19-15(16-4)17-8-14-12(3)18-9-20-14;/h5-6,9-10H,7-8H2,1-4H3,(H2,16,17,19);1H. The summed E-state index contributed by atoms with van der Waals surface area (Å²) in [6, 6.07) is 4.72. The molecule has 0 radical (unpaired) electrons. The number of thiophene rings is 1. The highest BCUT2D eigenvalue weighted by molar-refractivity contribution is 14.0. The number of hydrogen-bond acceptors (Lipinski definition) is 4. The van der Waals surface area contributed by atoms with Crippen LogP contribution in [0.25, 0.3) is 0 Å². The summed E-state index contributed by atoms with van der Waals surface area (Å²) < 4.78 is 0. The second kappa shape index (κ2) is 9.46. The zero-order valence-electron chi connectivity index (χ0n) is 13.3. The van der Waals surface area contributed by atoms with Gasteiger partial charge in [-0.3, -0.25) is 4.99 Å². The van der Waals surface area contributed by atoms with Crippen molar-refractivity contribution in [1.82, 2.24) is 15.6 Å². The van der Waals surface area contributed by atoms with Crippen LogP contribution in [0.5, 0.6) is 0 Å². The van der Waals surface area contributed by atoms with Crippen molar-refractivity contribution in [2.45, 2.75) is 39.8 Å². The first kappa shape index (κ1) is 19.4. The molecule has 2 aromatic heterocycles. The van der Waals surface area contributed by atoms with Crippen LogP contribution in [0, 0.1) is 13.8 Å². The van der Waals surface area contributed by atoms with Crippen LogP contribution in [0.4, 0.5) is 0 Å². The van der Waals surface area contributed by atoms with Crippen LogP contribution in [-0.2, 0) is 13.0 Å². The Morgan fingerprint density at radius 1 is 1.36 bits per heavy atom. The first-order valence-corrected chi connectivity index (χ1v) is 8.69. The van der Waals surface area contributed by atoms with E-state index in [-0.39, 0.29) is 24.0 Å². The molecule has 2 rings (SSSR count). The van der Waals surface area contributed by atoms with Gasteiger partial charge >= 0.3 is 0 Å². The Balaban J connectivity index is 0.00000242. The van der Waals surface area contributed by atoms with Gasteiger partial charge in [0.1, 0.15) is 0 Å². The number of aryl methyl sites for hydroxylation is 2. The van der Waals surface area contributed by atoms with Gasteiger partial charge in [0.2, 0.25) is 0 Å². The SMILES string of the molecule is CN=C(NCc1scnc1C)NC(C)Cc1ccc(C)s1.I. The molecule has 4 nitrogen and oxygen atoms in total. The van der Waals surface area contributed by atoms with E-state index in [4.69, 9.17) is 0 Å². The number of rotatable bonds is 5. The molecule has 0 fully saturated rings. The molecule has 1 atom stereocenters. The summed E-state index contributed by atoms with van der Waals surface area (Å²) in [7, 11) is 1.80. The fraction of sp³-hybridized carbons (Fsp3) is 0.467. The van der Waals surface area contributed by atoms with Gasteiger partial charge in [-0.05, 0) is 32.9 Å². The molecule has 22 heavy (non-hydrogen) atoms. The number of nitrogens with one attached hydrogen (secondary N) is 2. The van der Waals surface area contributed by atoms with Gasteiger partial charge in [0.15, 0.2) is 5.96 Å². The Kier molecular flexibility index (Phi) is 8.34. The van der Waals surface area contributed by atoms with Crippen LogP contribution in [0.3, 0.4) is 0 Å². The normalized spacial score (nSPS) is 12.6. The van der Waals surface area contributed by atoms with Crippen molar-refractivity contribution in [2.75, 3.05) is 7.05 Å². The maximum Gasteiger partial charge on any atom is 0.191 e. The summed E-state index contributed by atoms with van der Waals surface area (Å²) >= 11 is 3.53. The van der Waals surface area contributed by atoms with Crippen LogP contribution in [0.15, 0.2) is 22.6 Å². The molecule has 0 bridgehead atoms. The average Bonchev–Trinajstić information content (AvgIpc) is 3.03. The summed E-state index contributed by atoms with van der Waals surface area (Å²) in [5.41, 5.74) is 2.97. The van der Waals surface area contributed by atoms with E-state index in [2.05, 4.69) is 46.6 Å². The van der Waals surface area contributed by atoms with E-state index in [0.717, 1.165) is 24.6 Å². The highest BCUT2D eigenvalue weighted by Crippen LogP contribution is 2.16. The summed E-state index contributed by atoms with van der Waals surface area (Å²) in [5, 5.41) is 6.78. The van der Waals surface area contributed by atoms with Gasteiger partial charge < -0.3 is 10.6 Å². The van der Waals surface area contributed by atoms with Gasteiger partial charge in [-0.2, -0.15) is 0 Å². The Hall–Kier alpha value is -0.670. The Labute approximate surface area is 157 Å². The van der Waals surface area contributed by atoms with Crippen LogP contribution in [0.2, 0.25) is 0 Å². The second-order valence-electron chi connectivity index (χ2n) is 5.05. The van der Waals surface area contributed by atoms with E-state index in [1.807, 2.05) is 23.8 Å². The van der Waals surface area contributed by atoms with Crippen molar-refractivity contribution in [3.8, 4) is 0 Å². The molecule has 0 aliphatic heterocycles. The molecule has 122 valence electrons. The lowest BCUT2D eigenvalue weighted by atomic mass is 10.2. The Bertz CT molecular complexity index is 606. The van der Waals surface area contributed by atoms with E-state index >= 15 is 0 Å². The zero-order valence-corrected chi connectivity index (χ0v) is 17.3. The molecule has 2 heterocycles. The second-order valence-corrected chi connectivity index (χ2v) is 7.36. The van der Waals surface area contributed by atoms with Crippen molar-refractivity contribution < 1.29 is 0 Å². The quantitative estimate of drug-likeness (QED) is 0.415. The van der Waals surface area contributed by atoms with Gasteiger partial charge in [-0.1, -0.05) is 0 Å². The minimum atomic E-state index is 0. The fourth-order valence-corrected chi connectivity index (χ4v) is 3.77. The van der Waals surface area contributed by atoms with Gasteiger partial charge in [0.05, 0.1) is 17.7 Å². The highest BCUT2D eigenvalue weighted by atomic mass is 127. The minimum absolute atomic E-state index is 0. The molecule has 0 aliphatic rings. The Morgan fingerprint density at radius 2 is 2.14 bits per heavy atom. The van der Waals surface area contributed by atoms with Crippen molar-refractivity contribution in [2.24, 2.45) is 4.99 Å². The summed E-state index contributed by atoms with van der Waals surface area (Å²) in [6.07, 6.45) is 1.01. The third kappa shape index (κ3) is 5.85. The lowest BCUT2D eigenvalue weighted by Crippen LogP contribution is -2.42. The van der Waals surface area contributed by atoms with E-state index < -0.39 is 0 Å². The number of guanidine groups is 1. The van der Waals surface area contributed by atoms with Crippen molar-refractivity contribution in [3.05, 3.63) is 38.0 Å². The lowest BCUT2D eigenvalue weighted by Gasteiger charge is -2.17. The van der Waals surface area contributed by atoms with Gasteiger partial charge in [0, 0.05) is 34.1 Å². The molecule has 0 aromatic carbocycles. The number of aliphatic imine (C=N–C) groups is 1. The summed E-state index contributed by atoms with van der Waals surface area (Å²) in [4.78, 5) is 12.6. The number of hydrogen-bond donors (Lipinski definition) is 2. The van der Waals surface area contributed by atoms with Crippen molar-refractivity contribution in [1.29, 1.82) is 0 Å². The van der Waals surface area contributed by atoms with E-state index in [1.165, 1.54) is 14.6 Å². The van der Waals surface area contributed by atoms with Gasteiger partial charge in [-0.25, -0.2) is 4.98 Å². The number of aromatic nitrogens is 1. The van der Waals surface area contributed by atoms with Crippen LogP contribution in [0.1, 0.15) is 27.2 Å². The number of thiazole rings is 1. The first-order chi connectivity index (χ1) is 10.1. The molecular weight excluding hydrogens is 427 g/mol. The largest absolute Gasteiger partial charge is 0.354 e. The predicted octanol–water partition coefficient (Wildman–Crippen LogP) is 3.74. The van der Waals surface area contributed by atoms with E-state index in [9.17, 15) is 0 Å². The van der Waals surface area contributed by atoms with Crippen LogP contribution < -0.4 is 10.6 Å². The lowest BCUT2D eigenvalue weighted by molar-refractivity contribution is 0.645. The molecule has 0 saturated heterocycles. The zero-order chi connectivity index (χ0) is 15.2. The van der Waals surface area contributed by atoms with Crippen LogP contribution in [-0.4, -0.2) is 24.0 Å². The summed E-state index contributed by atoms with van der Waals surface area (Å²) in [6.45, 7) is 7.12. The van der Waals surface area contributed by atoms with E-state index in [1.54, 1.807) is 18.4 Å². The van der Waals surface area contributed by atoms with Crippen molar-refractivity contribution >= 4 is 52.6 Å². The first-order valence-electron chi connectivity index (χ1n) is 7.00. The number of nitrogens with zero attached hydrogens (tertiary/aromatic N) is 2. The van der Waals surface area contributed by atoms with Gasteiger partial charge in [0.25, 0.3) is 0 Å². The topological polar surface area (TPSA) is 49.3 Å². The molecule has 0 amide bonds. The summed E-state index contributed by atoms with van der Waals surface area (Å²) in [5.74, 6) is 0.837. The highest BCUT2D eigenvalue weighted by Gasteiger charge is 2.08. The molecule has 0 saturated carbocycles. The third-order valence-electron chi connectivity index (χ3n) is 3.17. The maximum absolute atomic E-state index is 4.29. The molecule has 2 aromatic rings. The minimum Gasteiger partial charge on any atom is -0.354 e. The van der Waals surface area contributed by atoms with Crippen LogP contribution >= 0.6 is 46.7 Å². The number of halogens is 1. The van der Waals surface area contributed by atoms with E-state index in [0.29, 0.717) is 6.04 Å². The van der Waals surface area contributed by atoms with Gasteiger partial charge in [-0.15, -0.1) is 46.7 Å². The Morgan fingerprint density at radius 3 is 2.68 bits per heavy atom. The molecule has 2 N–H and O–H groups in total. The fourth-order valence-electron chi connectivity index (χ4n) is 2.04. The molecule has 0 aliphatic carbocycles.